The van der Waals surface area contributed by atoms with E-state index in [4.69, 9.17) is 9.97 Å². The van der Waals surface area contributed by atoms with E-state index in [9.17, 15) is 0 Å². The van der Waals surface area contributed by atoms with Crippen LogP contribution in [0.5, 0.6) is 0 Å². The van der Waals surface area contributed by atoms with E-state index in [1.165, 1.54) is 206 Å². The van der Waals surface area contributed by atoms with E-state index < -0.39 is 5.41 Å². The summed E-state index contributed by atoms with van der Waals surface area (Å²) in [6.45, 7) is 0. The van der Waals surface area contributed by atoms with Gasteiger partial charge in [-0.3, -0.25) is 9.97 Å². The van der Waals surface area contributed by atoms with Crippen LogP contribution >= 0.6 is 0 Å². The molecule has 6 heterocycles. The Labute approximate surface area is 706 Å². The largest absolute Gasteiger partial charge is 0.309 e. The van der Waals surface area contributed by atoms with Crippen LogP contribution in [0.4, 0.5) is 0 Å². The Bertz CT molecular complexity index is 6730. The second-order valence-electron chi connectivity index (χ2n) is 35.8. The van der Waals surface area contributed by atoms with Crippen LogP contribution in [0.25, 0.3) is 155 Å². The van der Waals surface area contributed by atoms with Crippen molar-refractivity contribution >= 4 is 87.2 Å². The minimum Gasteiger partial charge on any atom is -0.309 e. The van der Waals surface area contributed by atoms with Crippen molar-refractivity contribution in [2.75, 3.05) is 0 Å². The molecule has 0 radical (unpaired) electrons. The second kappa shape index (κ2) is 29.5. The normalized spacial score (nSPS) is 19.1. The first-order valence-corrected chi connectivity index (χ1v) is 44.4. The highest BCUT2D eigenvalue weighted by molar-refractivity contribution is 6.13. The summed E-state index contributed by atoms with van der Waals surface area (Å²) in [6.07, 6.45) is 18.8. The minimum atomic E-state index is -0.390. The maximum atomic E-state index is 4.81. The molecule has 6 aliphatic rings. The van der Waals surface area contributed by atoms with E-state index in [1.807, 2.05) is 24.5 Å². The SMILES string of the molecule is c1ccc(-c2ccc(CC3C4CCC(CC4)C3CC(CC3C4CCC(CC4)C3Cc3ccc(-c4ccccn4)cc3)(c3ccc4c(c3)c3ccccc3n4-c3ccc(-c4ccc(-n5c6ccccc6c6ccccc65)cc4)cc3)c3ccc4c(c3)c3ccccc3n4-c3ccc(-c4ccc(-n5c6ccccc6c6ccccc65)cc4)cc3)cc2)nc1. The number of rotatable bonds is 18. The molecule has 0 amide bonds. The van der Waals surface area contributed by atoms with Gasteiger partial charge in [-0.2, -0.15) is 0 Å². The Hall–Kier alpha value is -13.4. The van der Waals surface area contributed by atoms with Crippen LogP contribution in [0.2, 0.25) is 0 Å². The summed E-state index contributed by atoms with van der Waals surface area (Å²) in [4.78, 5) is 9.61. The average molecular weight is 1560 g/mol. The number of pyridine rings is 2. The maximum absolute atomic E-state index is 4.81. The molecule has 0 saturated heterocycles. The van der Waals surface area contributed by atoms with Crippen LogP contribution in [0, 0.1) is 47.3 Å². The van der Waals surface area contributed by atoms with Crippen molar-refractivity contribution in [1.29, 1.82) is 0 Å². The number of hydrogen-bond acceptors (Lipinski definition) is 2. The van der Waals surface area contributed by atoms with Gasteiger partial charge in [0.1, 0.15) is 0 Å². The van der Waals surface area contributed by atoms with Gasteiger partial charge in [0.2, 0.25) is 0 Å². The van der Waals surface area contributed by atoms with Gasteiger partial charge >= 0.3 is 0 Å². The van der Waals surface area contributed by atoms with E-state index in [0.717, 1.165) is 48.4 Å². The van der Waals surface area contributed by atoms with E-state index >= 15 is 0 Å². The monoisotopic (exact) mass is 1560 g/mol. The molecule has 6 aromatic heterocycles. The van der Waals surface area contributed by atoms with Gasteiger partial charge in [0.05, 0.1) is 55.5 Å². The highest BCUT2D eigenvalue weighted by Crippen LogP contribution is 2.61. The molecule has 14 aromatic carbocycles. The van der Waals surface area contributed by atoms with Crippen LogP contribution in [-0.2, 0) is 18.3 Å². The summed E-state index contributed by atoms with van der Waals surface area (Å²) in [7, 11) is 0. The van der Waals surface area contributed by atoms with E-state index in [0.29, 0.717) is 47.3 Å². The number of para-hydroxylation sites is 6. The molecule has 0 spiro atoms. The molecule has 0 N–H and O–H groups in total. The van der Waals surface area contributed by atoms with Crippen molar-refractivity contribution in [3.05, 3.63) is 399 Å². The van der Waals surface area contributed by atoms with Crippen molar-refractivity contribution in [1.82, 2.24) is 28.2 Å². The van der Waals surface area contributed by atoms with Gasteiger partial charge in [0.25, 0.3) is 0 Å². The summed E-state index contributed by atoms with van der Waals surface area (Å²) in [5.74, 6) is 4.71. The van der Waals surface area contributed by atoms with E-state index in [2.05, 4.69) is 370 Å². The molecular formula is C115H94N6. The quantitative estimate of drug-likeness (QED) is 0.0859. The fourth-order valence-corrected chi connectivity index (χ4v) is 24.1. The summed E-state index contributed by atoms with van der Waals surface area (Å²) in [5, 5.41) is 10.3. The van der Waals surface area contributed by atoms with Gasteiger partial charge in [0, 0.05) is 94.8 Å². The van der Waals surface area contributed by atoms with Crippen LogP contribution < -0.4 is 0 Å². The molecule has 4 unspecified atom stereocenters. The molecule has 6 nitrogen and oxygen atoms in total. The van der Waals surface area contributed by atoms with Crippen LogP contribution in [0.3, 0.4) is 0 Å². The van der Waals surface area contributed by atoms with Gasteiger partial charge in [-0.15, -0.1) is 0 Å². The molecule has 6 saturated carbocycles. The molecule has 4 bridgehead atoms. The number of fused-ring (bicyclic) bond motifs is 18. The number of hydrogen-bond donors (Lipinski definition) is 0. The first kappa shape index (κ1) is 71.7. The fraction of sp³-hybridized carbons (Fsp3) is 0.183. The predicted octanol–water partition coefficient (Wildman–Crippen LogP) is 29.2. The lowest BCUT2D eigenvalue weighted by atomic mass is 9.49. The van der Waals surface area contributed by atoms with Crippen molar-refractivity contribution in [2.45, 2.75) is 82.5 Å². The second-order valence-corrected chi connectivity index (χ2v) is 35.8. The first-order chi connectivity index (χ1) is 59.9. The van der Waals surface area contributed by atoms with Gasteiger partial charge in [-0.25, -0.2) is 0 Å². The summed E-state index contributed by atoms with van der Waals surface area (Å²) in [5.41, 5.74) is 29.2. The molecular weight excluding hydrogens is 1470 g/mol. The van der Waals surface area contributed by atoms with Gasteiger partial charge in [-0.1, -0.05) is 231 Å². The Morgan fingerprint density at radius 2 is 0.471 bits per heavy atom. The molecule has 4 atom stereocenters. The lowest BCUT2D eigenvalue weighted by Gasteiger charge is -2.55. The molecule has 584 valence electrons. The third kappa shape index (κ3) is 12.2. The zero-order valence-electron chi connectivity index (χ0n) is 68.1. The molecule has 20 aromatic rings. The Morgan fingerprint density at radius 1 is 0.223 bits per heavy atom. The third-order valence-electron chi connectivity index (χ3n) is 29.9. The summed E-state index contributed by atoms with van der Waals surface area (Å²) >= 11 is 0. The van der Waals surface area contributed by atoms with Crippen molar-refractivity contribution < 1.29 is 0 Å². The Balaban J connectivity index is 0.659. The predicted molar refractivity (Wildman–Crippen MR) is 503 cm³/mol. The maximum Gasteiger partial charge on any atom is 0.0701 e. The highest BCUT2D eigenvalue weighted by atomic mass is 15.0. The first-order valence-electron chi connectivity index (χ1n) is 44.4. The minimum absolute atomic E-state index is 0.390. The molecule has 6 fully saturated rings. The lowest BCUT2D eigenvalue weighted by Crippen LogP contribution is -2.48. The van der Waals surface area contributed by atoms with Crippen molar-refractivity contribution in [2.24, 2.45) is 47.3 Å². The van der Waals surface area contributed by atoms with Crippen LogP contribution in [0.1, 0.15) is 86.5 Å². The fourth-order valence-electron chi connectivity index (χ4n) is 24.1. The van der Waals surface area contributed by atoms with Gasteiger partial charge in [-0.05, 0) is 302 Å². The van der Waals surface area contributed by atoms with E-state index in [-0.39, 0.29) is 0 Å². The molecule has 6 heteroatoms. The highest BCUT2D eigenvalue weighted by Gasteiger charge is 2.52. The molecule has 0 aliphatic heterocycles. The zero-order valence-corrected chi connectivity index (χ0v) is 68.1. The van der Waals surface area contributed by atoms with Crippen LogP contribution in [0.15, 0.2) is 376 Å². The van der Waals surface area contributed by atoms with Gasteiger partial charge < -0.3 is 18.3 Å². The van der Waals surface area contributed by atoms with Crippen molar-refractivity contribution in [3.8, 4) is 67.5 Å². The summed E-state index contributed by atoms with van der Waals surface area (Å²) in [6, 6.07) is 139. The Kier molecular flexibility index (Phi) is 17.5. The molecule has 6 aliphatic carbocycles. The van der Waals surface area contributed by atoms with Gasteiger partial charge in [0.15, 0.2) is 0 Å². The topological polar surface area (TPSA) is 45.5 Å². The average Bonchev–Trinajstić information content (AvgIpc) is 1.68. The molecule has 26 rings (SSSR count). The third-order valence-corrected chi connectivity index (χ3v) is 29.9. The Morgan fingerprint density at radius 3 is 0.752 bits per heavy atom. The number of benzene rings is 14. The zero-order chi connectivity index (χ0) is 79.6. The number of aromatic nitrogens is 6. The number of nitrogens with zero attached hydrogens (tertiary/aromatic N) is 6. The van der Waals surface area contributed by atoms with Crippen LogP contribution in [-0.4, -0.2) is 28.2 Å². The smallest absolute Gasteiger partial charge is 0.0701 e. The standard InChI is InChI=1S/C115H94N6/c1-7-25-107-93(17-1)94-18-2-8-26-108(94)118(107)89-57-47-77(48-58-89)79-51-61-91(62-52-79)120-111-29-11-5-21-97(111)101-71-87(55-65-113(101)120)115(73-103-83-43-39-81(40-44-83)99(103)69-75-31-35-85(36-32-75)105-23-13-15-67-116-105,74-104-84-45-41-82(42-46-84)100(104)70-76-33-37-86(38-34-76)106-24-14-16-68-117-106)88-56-66-114-102(72-88)98-22-6-12-30-112(98)121(114)92-63-53-80(54-64-92)78-49-59-90(60-50-78)119-109-27-9-3-19-95(109)96-20-4-10-28-110(96)119/h1-38,47-68,71-72,81-84,99-100,103-104H,39-46,69-70,73-74H2. The lowest BCUT2D eigenvalue weighted by molar-refractivity contribution is -0.0156. The van der Waals surface area contributed by atoms with Crippen molar-refractivity contribution in [3.63, 3.8) is 0 Å². The summed E-state index contributed by atoms with van der Waals surface area (Å²) < 4.78 is 9.94. The molecule has 121 heavy (non-hydrogen) atoms. The van der Waals surface area contributed by atoms with E-state index in [1.54, 1.807) is 0 Å².